The zero-order chi connectivity index (χ0) is 15.0. The van der Waals surface area contributed by atoms with Gasteiger partial charge in [-0.05, 0) is 0 Å². The minimum atomic E-state index is 0.869. The molecular formula is C15H18B2O2S2. The van der Waals surface area contributed by atoms with Gasteiger partial charge in [0.05, 0.1) is 0 Å². The van der Waals surface area contributed by atoms with Crippen molar-refractivity contribution in [3.05, 3.63) is 32.1 Å². The van der Waals surface area contributed by atoms with Gasteiger partial charge in [-0.25, -0.2) is 0 Å². The normalized spacial score (nSPS) is 26.4. The van der Waals surface area contributed by atoms with Crippen molar-refractivity contribution in [2.75, 3.05) is 0 Å². The molecule has 0 amide bonds. The number of thioether (sulfide) groups is 2. The summed E-state index contributed by atoms with van der Waals surface area (Å²) in [7, 11) is 2.50. The van der Waals surface area contributed by atoms with E-state index in [1.165, 1.54) is 52.8 Å². The van der Waals surface area contributed by atoms with E-state index in [-0.39, 0.29) is 0 Å². The SMILES string of the molecule is CC1=C(C2=C(C3=C(C)SC(=BO)C3)CCC2)CC(=BO)S1. The summed E-state index contributed by atoms with van der Waals surface area (Å²) in [5.74, 6) is 0. The quantitative estimate of drug-likeness (QED) is 0.769. The Morgan fingerprint density at radius 3 is 1.52 bits per heavy atom. The summed E-state index contributed by atoms with van der Waals surface area (Å²) < 4.78 is 0. The molecule has 0 bridgehead atoms. The second kappa shape index (κ2) is 6.25. The van der Waals surface area contributed by atoms with Gasteiger partial charge in [-0.1, -0.05) is 0 Å². The summed E-state index contributed by atoms with van der Waals surface area (Å²) >= 11 is 3.39. The summed E-state index contributed by atoms with van der Waals surface area (Å²) in [6, 6.07) is 0. The Balaban J connectivity index is 1.98. The predicted molar refractivity (Wildman–Crippen MR) is 96.7 cm³/mol. The number of hydrogen-bond donors (Lipinski definition) is 2. The van der Waals surface area contributed by atoms with Crippen LogP contribution in [0, 0.1) is 0 Å². The molecule has 21 heavy (non-hydrogen) atoms. The monoisotopic (exact) mass is 316 g/mol. The van der Waals surface area contributed by atoms with Crippen molar-refractivity contribution < 1.29 is 10.0 Å². The van der Waals surface area contributed by atoms with E-state index in [0.29, 0.717) is 0 Å². The first-order chi connectivity index (χ1) is 10.1. The fraction of sp³-hybridized carbons (Fsp3) is 0.467. The van der Waals surface area contributed by atoms with Crippen molar-refractivity contribution in [1.29, 1.82) is 0 Å². The van der Waals surface area contributed by atoms with E-state index < -0.39 is 0 Å². The Kier molecular flexibility index (Phi) is 4.55. The van der Waals surface area contributed by atoms with Gasteiger partial charge >= 0.3 is 135 Å². The summed E-state index contributed by atoms with van der Waals surface area (Å²) in [4.78, 5) is 4.74. The fourth-order valence-electron chi connectivity index (χ4n) is 3.38. The van der Waals surface area contributed by atoms with E-state index in [2.05, 4.69) is 13.8 Å². The van der Waals surface area contributed by atoms with E-state index in [4.69, 9.17) is 0 Å². The topological polar surface area (TPSA) is 40.5 Å². The van der Waals surface area contributed by atoms with Crippen LogP contribution in [0.25, 0.3) is 0 Å². The summed E-state index contributed by atoms with van der Waals surface area (Å²) in [6.07, 6.45) is 5.23. The van der Waals surface area contributed by atoms with E-state index >= 15 is 0 Å². The van der Waals surface area contributed by atoms with Crippen LogP contribution in [-0.4, -0.2) is 33.9 Å². The first kappa shape index (κ1) is 15.3. The minimum absolute atomic E-state index is 0.869. The van der Waals surface area contributed by atoms with Gasteiger partial charge in [0, 0.05) is 0 Å². The van der Waals surface area contributed by atoms with Gasteiger partial charge in [-0.3, -0.25) is 0 Å². The standard InChI is InChI=1S/C15H18B2O2S2/c1-8-12(6-14(16-18)20-8)10-4-3-5-11(10)13-7-15(17-19)21-9(13)2/h18-19H,3-7H2,1-2H3. The summed E-state index contributed by atoms with van der Waals surface area (Å²) in [5, 5.41) is 18.5. The average Bonchev–Trinajstić information content (AvgIpc) is 3.16. The van der Waals surface area contributed by atoms with Crippen molar-refractivity contribution in [1.82, 2.24) is 0 Å². The molecule has 1 aliphatic carbocycles. The zero-order valence-corrected chi connectivity index (χ0v) is 14.0. The second-order valence-corrected chi connectivity index (χ2v) is 8.31. The van der Waals surface area contributed by atoms with E-state index in [1.807, 2.05) is 0 Å². The molecule has 0 radical (unpaired) electrons. The first-order valence-corrected chi connectivity index (χ1v) is 8.91. The molecule has 0 aromatic heterocycles. The van der Waals surface area contributed by atoms with Crippen LogP contribution in [0.1, 0.15) is 46.0 Å². The summed E-state index contributed by atoms with van der Waals surface area (Å²) in [5.41, 5.74) is 5.82. The van der Waals surface area contributed by atoms with Crippen molar-refractivity contribution in [3.63, 3.8) is 0 Å². The van der Waals surface area contributed by atoms with Gasteiger partial charge in [0.25, 0.3) is 0 Å². The van der Waals surface area contributed by atoms with Crippen LogP contribution < -0.4 is 0 Å². The van der Waals surface area contributed by atoms with Crippen molar-refractivity contribution in [3.8, 4) is 0 Å². The third-order valence-electron chi connectivity index (χ3n) is 4.35. The molecule has 0 spiro atoms. The third-order valence-corrected chi connectivity index (χ3v) is 6.48. The Labute approximate surface area is 135 Å². The Bertz CT molecular complexity index is 588. The van der Waals surface area contributed by atoms with Crippen molar-refractivity contribution >= 4 is 47.4 Å². The molecule has 0 atom stereocenters. The predicted octanol–water partition coefficient (Wildman–Crippen LogP) is 2.77. The molecule has 2 N–H and O–H groups in total. The number of rotatable bonds is 2. The average molecular weight is 316 g/mol. The Morgan fingerprint density at radius 2 is 1.19 bits per heavy atom. The van der Waals surface area contributed by atoms with Crippen molar-refractivity contribution in [2.24, 2.45) is 0 Å². The van der Waals surface area contributed by atoms with Crippen LogP contribution in [-0.2, 0) is 0 Å². The zero-order valence-electron chi connectivity index (χ0n) is 12.4. The molecule has 3 aliphatic rings. The van der Waals surface area contributed by atoms with Crippen LogP contribution in [0.2, 0.25) is 0 Å². The molecule has 2 aliphatic heterocycles. The van der Waals surface area contributed by atoms with Gasteiger partial charge in [0.15, 0.2) is 0 Å². The number of allylic oxidation sites excluding steroid dienone is 6. The molecule has 0 fully saturated rings. The third kappa shape index (κ3) is 2.85. The molecule has 0 saturated carbocycles. The Morgan fingerprint density at radius 1 is 0.762 bits per heavy atom. The Hall–Kier alpha value is -0.610. The van der Waals surface area contributed by atoms with Gasteiger partial charge in [0.2, 0.25) is 0 Å². The summed E-state index contributed by atoms with van der Waals surface area (Å²) in [6.45, 7) is 4.31. The first-order valence-electron chi connectivity index (χ1n) is 7.28. The molecule has 108 valence electrons. The molecule has 0 aromatic rings. The molecule has 0 aromatic carbocycles. The maximum absolute atomic E-state index is 9.26. The van der Waals surface area contributed by atoms with Gasteiger partial charge < -0.3 is 0 Å². The second-order valence-electron chi connectivity index (χ2n) is 5.63. The fourth-order valence-corrected chi connectivity index (χ4v) is 5.34. The number of hydrogen-bond acceptors (Lipinski definition) is 4. The van der Waals surface area contributed by atoms with E-state index in [0.717, 1.165) is 35.3 Å². The van der Waals surface area contributed by atoms with E-state index in [9.17, 15) is 10.0 Å². The van der Waals surface area contributed by atoms with Crippen LogP contribution in [0.4, 0.5) is 0 Å². The molecule has 3 rings (SSSR count). The molecular weight excluding hydrogens is 298 g/mol. The van der Waals surface area contributed by atoms with Crippen LogP contribution >= 0.6 is 23.5 Å². The molecule has 0 unspecified atom stereocenters. The van der Waals surface area contributed by atoms with Crippen LogP contribution in [0.15, 0.2) is 32.1 Å². The van der Waals surface area contributed by atoms with Crippen molar-refractivity contribution in [2.45, 2.75) is 46.0 Å². The molecule has 2 nitrogen and oxygen atoms in total. The van der Waals surface area contributed by atoms with Crippen LogP contribution in [0.5, 0.6) is 0 Å². The van der Waals surface area contributed by atoms with Gasteiger partial charge in [0.1, 0.15) is 0 Å². The maximum atomic E-state index is 9.26. The molecule has 2 heterocycles. The van der Waals surface area contributed by atoms with Gasteiger partial charge in [-0.2, -0.15) is 0 Å². The van der Waals surface area contributed by atoms with Gasteiger partial charge in [-0.15, -0.1) is 0 Å². The molecule has 0 saturated heterocycles. The van der Waals surface area contributed by atoms with E-state index in [1.54, 1.807) is 23.5 Å². The molecule has 6 heteroatoms. The van der Waals surface area contributed by atoms with Crippen LogP contribution in [0.3, 0.4) is 0 Å².